The number of methoxy groups -OCH3 is 1. The number of nitrogens with one attached hydrogen (secondary N) is 1. The third-order valence-electron chi connectivity index (χ3n) is 3.12. The zero-order chi connectivity index (χ0) is 15.2. The van der Waals surface area contributed by atoms with Crippen LogP contribution in [0, 0.1) is 0 Å². The Morgan fingerprint density at radius 3 is 2.57 bits per heavy atom. The molecule has 2 rings (SSSR count). The Bertz CT molecular complexity index is 597. The predicted molar refractivity (Wildman–Crippen MR) is 84.2 cm³/mol. The molecule has 0 atom stereocenters. The van der Waals surface area contributed by atoms with Gasteiger partial charge in [-0.15, -0.1) is 0 Å². The summed E-state index contributed by atoms with van der Waals surface area (Å²) in [5.74, 6) is 2.45. The molecule has 0 saturated heterocycles. The molecule has 0 saturated carbocycles. The molecule has 0 unspecified atom stereocenters. The third-order valence-corrected chi connectivity index (χ3v) is 3.12. The Balaban J connectivity index is 2.29. The topological polar surface area (TPSA) is 43.4 Å². The summed E-state index contributed by atoms with van der Waals surface area (Å²) in [6.07, 6.45) is 0. The van der Waals surface area contributed by atoms with Gasteiger partial charge < -0.3 is 14.8 Å². The summed E-state index contributed by atoms with van der Waals surface area (Å²) in [4.78, 5) is 4.58. The average molecular weight is 286 g/mol. The molecule has 1 heterocycles. The maximum absolute atomic E-state index is 5.88. The van der Waals surface area contributed by atoms with Crippen LogP contribution in [-0.4, -0.2) is 19.1 Å². The minimum Gasteiger partial charge on any atom is -0.497 e. The maximum atomic E-state index is 5.88. The summed E-state index contributed by atoms with van der Waals surface area (Å²) in [7, 11) is 3.57. The highest BCUT2D eigenvalue weighted by molar-refractivity contribution is 5.36. The molecule has 0 aliphatic carbocycles. The van der Waals surface area contributed by atoms with Gasteiger partial charge in [-0.25, -0.2) is 4.98 Å². The molecule has 1 N–H and O–H groups in total. The van der Waals surface area contributed by atoms with Gasteiger partial charge in [0, 0.05) is 24.4 Å². The van der Waals surface area contributed by atoms with E-state index in [4.69, 9.17) is 9.47 Å². The van der Waals surface area contributed by atoms with Gasteiger partial charge in [-0.3, -0.25) is 0 Å². The van der Waals surface area contributed by atoms with Gasteiger partial charge in [-0.05, 0) is 36.7 Å². The van der Waals surface area contributed by atoms with Crippen molar-refractivity contribution in [2.75, 3.05) is 14.2 Å². The second kappa shape index (κ2) is 7.09. The monoisotopic (exact) mass is 286 g/mol. The van der Waals surface area contributed by atoms with Crippen molar-refractivity contribution in [1.82, 2.24) is 10.3 Å². The lowest BCUT2D eigenvalue weighted by atomic mass is 10.1. The van der Waals surface area contributed by atoms with Crippen LogP contribution in [0.3, 0.4) is 0 Å². The molecule has 0 fully saturated rings. The van der Waals surface area contributed by atoms with Gasteiger partial charge in [-0.1, -0.05) is 19.9 Å². The molecule has 0 spiro atoms. The summed E-state index contributed by atoms with van der Waals surface area (Å²) in [5.41, 5.74) is 2.19. The Morgan fingerprint density at radius 1 is 1.14 bits per heavy atom. The number of rotatable bonds is 6. The van der Waals surface area contributed by atoms with Gasteiger partial charge in [0.25, 0.3) is 0 Å². The fourth-order valence-corrected chi connectivity index (χ4v) is 2.02. The van der Waals surface area contributed by atoms with E-state index in [9.17, 15) is 0 Å². The van der Waals surface area contributed by atoms with E-state index in [1.807, 2.05) is 37.4 Å². The van der Waals surface area contributed by atoms with Crippen LogP contribution in [0.15, 0.2) is 36.4 Å². The highest BCUT2D eigenvalue weighted by Gasteiger charge is 2.08. The van der Waals surface area contributed by atoms with Crippen LogP contribution >= 0.6 is 0 Å². The fourth-order valence-electron chi connectivity index (χ4n) is 2.02. The third kappa shape index (κ3) is 4.20. The van der Waals surface area contributed by atoms with Crippen LogP contribution in [0.25, 0.3) is 0 Å². The highest BCUT2D eigenvalue weighted by Crippen LogP contribution is 2.26. The van der Waals surface area contributed by atoms with Crippen molar-refractivity contribution in [3.63, 3.8) is 0 Å². The lowest BCUT2D eigenvalue weighted by Crippen LogP contribution is -2.07. The molecular weight excluding hydrogens is 264 g/mol. The van der Waals surface area contributed by atoms with E-state index < -0.39 is 0 Å². The van der Waals surface area contributed by atoms with Gasteiger partial charge in [-0.2, -0.15) is 0 Å². The molecule has 2 aromatic rings. The highest BCUT2D eigenvalue weighted by atomic mass is 16.5. The van der Waals surface area contributed by atoms with E-state index in [0.717, 1.165) is 29.3 Å². The standard InChI is InChI=1S/C17H22N2O2/c1-12(2)16-8-13(11-18-3)9-17(19-16)21-15-7-5-6-14(10-15)20-4/h5-10,12,18H,11H2,1-4H3. The summed E-state index contributed by atoms with van der Waals surface area (Å²) in [5, 5.41) is 3.16. The van der Waals surface area contributed by atoms with Crippen molar-refractivity contribution in [3.8, 4) is 17.4 Å². The van der Waals surface area contributed by atoms with E-state index in [1.54, 1.807) is 7.11 Å². The molecule has 0 radical (unpaired) electrons. The van der Waals surface area contributed by atoms with Gasteiger partial charge in [0.05, 0.1) is 7.11 Å². The molecule has 4 nitrogen and oxygen atoms in total. The first-order valence-corrected chi connectivity index (χ1v) is 7.09. The van der Waals surface area contributed by atoms with Crippen molar-refractivity contribution in [1.29, 1.82) is 0 Å². The molecule has 21 heavy (non-hydrogen) atoms. The van der Waals surface area contributed by atoms with Crippen LogP contribution in [0.1, 0.15) is 31.0 Å². The molecule has 0 bridgehead atoms. The van der Waals surface area contributed by atoms with Crippen molar-refractivity contribution in [2.24, 2.45) is 0 Å². The van der Waals surface area contributed by atoms with Gasteiger partial charge in [0.2, 0.25) is 5.88 Å². The van der Waals surface area contributed by atoms with Crippen molar-refractivity contribution < 1.29 is 9.47 Å². The molecule has 0 aliphatic heterocycles. The smallest absolute Gasteiger partial charge is 0.219 e. The molecule has 1 aromatic heterocycles. The van der Waals surface area contributed by atoms with E-state index in [0.29, 0.717) is 11.8 Å². The lowest BCUT2D eigenvalue weighted by molar-refractivity contribution is 0.407. The number of hydrogen-bond donors (Lipinski definition) is 1. The van der Waals surface area contributed by atoms with Crippen molar-refractivity contribution in [2.45, 2.75) is 26.3 Å². The molecule has 4 heteroatoms. The Morgan fingerprint density at radius 2 is 1.90 bits per heavy atom. The number of benzene rings is 1. The first-order valence-electron chi connectivity index (χ1n) is 7.09. The van der Waals surface area contributed by atoms with Gasteiger partial charge in [0.15, 0.2) is 0 Å². The molecule has 112 valence electrons. The molecule has 1 aromatic carbocycles. The molecular formula is C17H22N2O2. The van der Waals surface area contributed by atoms with E-state index in [2.05, 4.69) is 30.2 Å². The second-order valence-electron chi connectivity index (χ2n) is 5.20. The van der Waals surface area contributed by atoms with Crippen molar-refractivity contribution >= 4 is 0 Å². The predicted octanol–water partition coefficient (Wildman–Crippen LogP) is 3.73. The van der Waals surface area contributed by atoms with Crippen LogP contribution in [0.5, 0.6) is 17.4 Å². The summed E-state index contributed by atoms with van der Waals surface area (Å²) >= 11 is 0. The van der Waals surface area contributed by atoms with E-state index >= 15 is 0 Å². The van der Waals surface area contributed by atoms with E-state index in [-0.39, 0.29) is 0 Å². The number of hydrogen-bond acceptors (Lipinski definition) is 4. The quantitative estimate of drug-likeness (QED) is 0.879. The van der Waals surface area contributed by atoms with Crippen LogP contribution in [0.4, 0.5) is 0 Å². The normalized spacial score (nSPS) is 10.7. The fraction of sp³-hybridized carbons (Fsp3) is 0.353. The Hall–Kier alpha value is -2.07. The summed E-state index contributed by atoms with van der Waals surface area (Å²) in [6.45, 7) is 5.04. The molecule has 0 aliphatic rings. The van der Waals surface area contributed by atoms with Crippen LogP contribution in [0.2, 0.25) is 0 Å². The number of aromatic nitrogens is 1. The summed E-state index contributed by atoms with van der Waals surface area (Å²) in [6, 6.07) is 11.6. The Kier molecular flexibility index (Phi) is 5.17. The van der Waals surface area contributed by atoms with Crippen LogP contribution < -0.4 is 14.8 Å². The SMILES string of the molecule is CNCc1cc(Oc2cccc(OC)c2)nc(C(C)C)c1. The van der Waals surface area contributed by atoms with Gasteiger partial charge >= 0.3 is 0 Å². The zero-order valence-electron chi connectivity index (χ0n) is 13.0. The minimum atomic E-state index is 0.356. The zero-order valence-corrected chi connectivity index (χ0v) is 13.0. The lowest BCUT2D eigenvalue weighted by Gasteiger charge is -2.12. The van der Waals surface area contributed by atoms with E-state index in [1.165, 1.54) is 0 Å². The first kappa shape index (κ1) is 15.3. The molecule has 0 amide bonds. The van der Waals surface area contributed by atoms with Gasteiger partial charge in [0.1, 0.15) is 11.5 Å². The Labute approximate surface area is 126 Å². The van der Waals surface area contributed by atoms with Crippen molar-refractivity contribution in [3.05, 3.63) is 47.7 Å². The first-order chi connectivity index (χ1) is 10.1. The summed E-state index contributed by atoms with van der Waals surface area (Å²) < 4.78 is 11.1. The average Bonchev–Trinajstić information content (AvgIpc) is 2.47. The number of ether oxygens (including phenoxy) is 2. The maximum Gasteiger partial charge on any atom is 0.219 e. The second-order valence-corrected chi connectivity index (χ2v) is 5.20. The largest absolute Gasteiger partial charge is 0.497 e. The number of nitrogens with zero attached hydrogens (tertiary/aromatic N) is 1. The minimum absolute atomic E-state index is 0.356. The number of pyridine rings is 1. The van der Waals surface area contributed by atoms with Crippen LogP contribution in [-0.2, 0) is 6.54 Å².